The summed E-state index contributed by atoms with van der Waals surface area (Å²) in [4.78, 5) is 0. The van der Waals surface area contributed by atoms with Gasteiger partial charge in [-0.3, -0.25) is 4.55 Å². The van der Waals surface area contributed by atoms with Gasteiger partial charge in [-0.15, -0.1) is 0 Å². The van der Waals surface area contributed by atoms with Gasteiger partial charge in [0.05, 0.1) is 5.75 Å². The van der Waals surface area contributed by atoms with Crippen molar-refractivity contribution in [2.45, 2.75) is 78.1 Å². The van der Waals surface area contributed by atoms with Gasteiger partial charge in [-0.25, -0.2) is 0 Å². The number of unbranched alkanes of at least 4 members (excludes halogenated alkanes) is 8. The van der Waals surface area contributed by atoms with Crippen molar-refractivity contribution in [3.63, 3.8) is 0 Å². The molecule has 0 atom stereocenters. The van der Waals surface area contributed by atoms with E-state index in [1.807, 2.05) is 0 Å². The van der Waals surface area contributed by atoms with Crippen LogP contribution in [0.3, 0.4) is 0 Å². The summed E-state index contributed by atoms with van der Waals surface area (Å²) in [6, 6.07) is 0. The Bertz CT molecular complexity index is 271. The molecule has 0 spiro atoms. The summed E-state index contributed by atoms with van der Waals surface area (Å²) in [5, 5.41) is 0. The van der Waals surface area contributed by atoms with E-state index >= 15 is 0 Å². The molecule has 1 N–H and O–H groups in total. The zero-order valence-corrected chi connectivity index (χ0v) is 12.8. The molecule has 0 aliphatic heterocycles. The minimum absolute atomic E-state index is 0.0811. The van der Waals surface area contributed by atoms with E-state index in [0.29, 0.717) is 6.42 Å². The van der Waals surface area contributed by atoms with Crippen LogP contribution in [-0.4, -0.2) is 18.7 Å². The molecular formula is C14H30O3S. The molecule has 0 rings (SSSR count). The third-order valence-corrected chi connectivity index (χ3v) is 3.99. The second kappa shape index (κ2) is 10.8. The molecule has 0 unspecified atom stereocenters. The van der Waals surface area contributed by atoms with Gasteiger partial charge < -0.3 is 0 Å². The first-order valence-corrected chi connectivity index (χ1v) is 8.98. The van der Waals surface area contributed by atoms with Crippen molar-refractivity contribution in [2.75, 3.05) is 5.75 Å². The van der Waals surface area contributed by atoms with E-state index in [4.69, 9.17) is 4.55 Å². The van der Waals surface area contributed by atoms with Crippen molar-refractivity contribution in [3.8, 4) is 0 Å². The highest BCUT2D eigenvalue weighted by Crippen LogP contribution is 2.13. The van der Waals surface area contributed by atoms with Crippen LogP contribution in [0.25, 0.3) is 0 Å². The van der Waals surface area contributed by atoms with Gasteiger partial charge in [0.15, 0.2) is 0 Å². The maximum atomic E-state index is 10.5. The summed E-state index contributed by atoms with van der Waals surface area (Å²) >= 11 is 0. The van der Waals surface area contributed by atoms with E-state index < -0.39 is 10.1 Å². The molecule has 0 aromatic rings. The maximum absolute atomic E-state index is 10.5. The van der Waals surface area contributed by atoms with Gasteiger partial charge in [0, 0.05) is 0 Å². The highest BCUT2D eigenvalue weighted by Gasteiger charge is 2.02. The Labute approximate surface area is 113 Å². The second-order valence-corrected chi connectivity index (χ2v) is 7.22. The molecular weight excluding hydrogens is 248 g/mol. The summed E-state index contributed by atoms with van der Waals surface area (Å²) in [5.41, 5.74) is 0. The lowest BCUT2D eigenvalue weighted by Crippen LogP contribution is -2.03. The van der Waals surface area contributed by atoms with Crippen LogP contribution in [0.2, 0.25) is 0 Å². The lowest BCUT2D eigenvalue weighted by atomic mass is 10.0. The van der Waals surface area contributed by atoms with Gasteiger partial charge in [0.1, 0.15) is 0 Å². The van der Waals surface area contributed by atoms with E-state index in [0.717, 1.165) is 18.8 Å². The van der Waals surface area contributed by atoms with E-state index in [1.165, 1.54) is 44.9 Å². The molecule has 0 aromatic heterocycles. The average molecular weight is 278 g/mol. The molecule has 0 saturated heterocycles. The molecule has 0 heterocycles. The summed E-state index contributed by atoms with van der Waals surface area (Å²) in [5.74, 6) is 0.746. The van der Waals surface area contributed by atoms with Crippen molar-refractivity contribution in [1.82, 2.24) is 0 Å². The molecule has 0 aromatic carbocycles. The molecule has 0 aliphatic carbocycles. The highest BCUT2D eigenvalue weighted by molar-refractivity contribution is 7.85. The predicted molar refractivity (Wildman–Crippen MR) is 77.4 cm³/mol. The summed E-state index contributed by atoms with van der Waals surface area (Å²) in [7, 11) is -3.74. The Kier molecular flexibility index (Phi) is 10.7. The molecule has 0 radical (unpaired) electrons. The minimum atomic E-state index is -3.74. The normalized spacial score (nSPS) is 12.2. The Morgan fingerprint density at radius 2 is 1.17 bits per heavy atom. The van der Waals surface area contributed by atoms with Crippen molar-refractivity contribution in [2.24, 2.45) is 5.92 Å². The fourth-order valence-corrected chi connectivity index (χ4v) is 2.64. The molecule has 0 amide bonds. The predicted octanol–water partition coefficient (Wildman–Crippen LogP) is 4.43. The summed E-state index contributed by atoms with van der Waals surface area (Å²) < 4.78 is 29.5. The monoisotopic (exact) mass is 278 g/mol. The minimum Gasteiger partial charge on any atom is -0.286 e. The highest BCUT2D eigenvalue weighted by atomic mass is 32.2. The Morgan fingerprint density at radius 3 is 1.56 bits per heavy atom. The van der Waals surface area contributed by atoms with Crippen LogP contribution in [0.15, 0.2) is 0 Å². The van der Waals surface area contributed by atoms with Crippen LogP contribution < -0.4 is 0 Å². The Morgan fingerprint density at radius 1 is 0.778 bits per heavy atom. The Balaban J connectivity index is 3.08. The maximum Gasteiger partial charge on any atom is 0.264 e. The second-order valence-electron chi connectivity index (χ2n) is 5.65. The molecule has 4 heteroatoms. The van der Waals surface area contributed by atoms with Crippen LogP contribution in [0.1, 0.15) is 78.1 Å². The zero-order valence-electron chi connectivity index (χ0n) is 12.0. The molecule has 110 valence electrons. The van der Waals surface area contributed by atoms with Crippen molar-refractivity contribution in [3.05, 3.63) is 0 Å². The van der Waals surface area contributed by atoms with E-state index in [-0.39, 0.29) is 5.75 Å². The van der Waals surface area contributed by atoms with Crippen LogP contribution in [0, 0.1) is 5.92 Å². The molecule has 0 fully saturated rings. The number of rotatable bonds is 12. The van der Waals surface area contributed by atoms with Gasteiger partial charge in [-0.2, -0.15) is 8.42 Å². The van der Waals surface area contributed by atoms with Gasteiger partial charge in [0.2, 0.25) is 0 Å². The quantitative estimate of drug-likeness (QED) is 0.424. The Hall–Kier alpha value is -0.0900. The van der Waals surface area contributed by atoms with Crippen molar-refractivity contribution < 1.29 is 13.0 Å². The van der Waals surface area contributed by atoms with Crippen LogP contribution in [-0.2, 0) is 10.1 Å². The van der Waals surface area contributed by atoms with E-state index in [9.17, 15) is 8.42 Å². The zero-order chi connectivity index (χ0) is 13.9. The van der Waals surface area contributed by atoms with Gasteiger partial charge in [-0.1, -0.05) is 71.6 Å². The topological polar surface area (TPSA) is 54.4 Å². The summed E-state index contributed by atoms with van der Waals surface area (Å²) in [6.45, 7) is 4.54. The van der Waals surface area contributed by atoms with Crippen molar-refractivity contribution in [1.29, 1.82) is 0 Å². The lowest BCUT2D eigenvalue weighted by molar-refractivity contribution is 0.478. The van der Waals surface area contributed by atoms with Crippen molar-refractivity contribution >= 4 is 10.1 Å². The summed E-state index contributed by atoms with van der Waals surface area (Å²) in [6.07, 6.45) is 11.7. The SMILES string of the molecule is CC(C)CCCCCCCCCCCS(=O)(=O)O. The van der Waals surface area contributed by atoms with E-state index in [2.05, 4.69) is 13.8 Å². The first-order chi connectivity index (χ1) is 8.42. The van der Waals surface area contributed by atoms with Gasteiger partial charge in [-0.05, 0) is 12.3 Å². The third kappa shape index (κ3) is 15.9. The smallest absolute Gasteiger partial charge is 0.264 e. The first kappa shape index (κ1) is 17.9. The van der Waals surface area contributed by atoms with Gasteiger partial charge in [0.25, 0.3) is 10.1 Å². The standard InChI is InChI=1S/C14H30O3S/c1-14(2)12-10-8-6-4-3-5-7-9-11-13-18(15,16)17/h14H,3-13H2,1-2H3,(H,15,16,17). The fourth-order valence-electron chi connectivity index (χ4n) is 2.07. The molecule has 18 heavy (non-hydrogen) atoms. The van der Waals surface area contributed by atoms with Gasteiger partial charge >= 0.3 is 0 Å². The molecule has 0 aliphatic rings. The average Bonchev–Trinajstić information content (AvgIpc) is 2.24. The third-order valence-electron chi connectivity index (χ3n) is 3.18. The fraction of sp³-hybridized carbons (Fsp3) is 1.00. The van der Waals surface area contributed by atoms with E-state index in [1.54, 1.807) is 0 Å². The largest absolute Gasteiger partial charge is 0.286 e. The van der Waals surface area contributed by atoms with Crippen LogP contribution in [0.4, 0.5) is 0 Å². The number of hydrogen-bond donors (Lipinski definition) is 1. The molecule has 0 bridgehead atoms. The first-order valence-electron chi connectivity index (χ1n) is 7.37. The molecule has 0 saturated carbocycles. The lowest BCUT2D eigenvalue weighted by Gasteiger charge is -2.04. The number of hydrogen-bond acceptors (Lipinski definition) is 2. The van der Waals surface area contributed by atoms with Crippen LogP contribution in [0.5, 0.6) is 0 Å². The van der Waals surface area contributed by atoms with Crippen LogP contribution >= 0.6 is 0 Å². The molecule has 3 nitrogen and oxygen atoms in total.